The molecule has 0 saturated carbocycles. The highest BCUT2D eigenvalue weighted by atomic mass is 16.2. The molecule has 4 fully saturated rings. The molecule has 5 rings (SSSR count). The molecule has 2 bridgehead atoms. The largest absolute Gasteiger partial charge is 0.355 e. The number of anilines is 1. The summed E-state index contributed by atoms with van der Waals surface area (Å²) in [4.78, 5) is 40.3. The number of fused-ring (bicyclic) bond motifs is 4. The van der Waals surface area contributed by atoms with Crippen LogP contribution in [0, 0.1) is 11.8 Å². The summed E-state index contributed by atoms with van der Waals surface area (Å²) in [5.74, 6) is 2.14. The first-order valence-electron chi connectivity index (χ1n) is 10.3. The molecular formula is C20H27N5O2. The third-order valence-electron chi connectivity index (χ3n) is 6.74. The number of aromatic nitrogens is 2. The number of amides is 2. The van der Waals surface area contributed by atoms with Gasteiger partial charge in [0.25, 0.3) is 5.91 Å². The second kappa shape index (κ2) is 6.77. The Morgan fingerprint density at radius 3 is 2.78 bits per heavy atom. The SMILES string of the molecule is O=C(c1cncc(N2C[C@H]3C[C@H](C2)[C@@H]2CCCC(=O)N2C3)n1)N1CCCC1. The predicted molar refractivity (Wildman–Crippen MR) is 100 cm³/mol. The summed E-state index contributed by atoms with van der Waals surface area (Å²) in [5.41, 5.74) is 0.458. The average molecular weight is 369 g/mol. The summed E-state index contributed by atoms with van der Waals surface area (Å²) < 4.78 is 0. The van der Waals surface area contributed by atoms with Crippen molar-refractivity contribution in [3.63, 3.8) is 0 Å². The molecule has 4 aliphatic heterocycles. The number of carbonyl (C=O) groups is 2. The van der Waals surface area contributed by atoms with Crippen LogP contribution >= 0.6 is 0 Å². The Morgan fingerprint density at radius 1 is 1.07 bits per heavy atom. The Kier molecular flexibility index (Phi) is 4.25. The van der Waals surface area contributed by atoms with Crippen LogP contribution in [0.2, 0.25) is 0 Å². The third kappa shape index (κ3) is 3.07. The van der Waals surface area contributed by atoms with Gasteiger partial charge in [-0.3, -0.25) is 14.6 Å². The maximum atomic E-state index is 12.7. The minimum atomic E-state index is 0.00288. The Labute approximate surface area is 159 Å². The topological polar surface area (TPSA) is 69.6 Å². The van der Waals surface area contributed by atoms with Crippen LogP contribution in [0.5, 0.6) is 0 Å². The van der Waals surface area contributed by atoms with Crippen molar-refractivity contribution in [2.75, 3.05) is 37.6 Å². The molecule has 0 spiro atoms. The monoisotopic (exact) mass is 369 g/mol. The van der Waals surface area contributed by atoms with E-state index in [-0.39, 0.29) is 5.91 Å². The summed E-state index contributed by atoms with van der Waals surface area (Å²) in [6.07, 6.45) is 9.57. The van der Waals surface area contributed by atoms with Crippen molar-refractivity contribution < 1.29 is 9.59 Å². The lowest BCUT2D eigenvalue weighted by atomic mass is 9.76. The summed E-state index contributed by atoms with van der Waals surface area (Å²) in [6.45, 7) is 4.31. The molecule has 4 saturated heterocycles. The van der Waals surface area contributed by atoms with Gasteiger partial charge in [-0.2, -0.15) is 0 Å². The molecule has 0 aromatic carbocycles. The molecule has 144 valence electrons. The molecule has 0 unspecified atom stereocenters. The molecule has 0 N–H and O–H groups in total. The number of rotatable bonds is 2. The zero-order valence-electron chi connectivity index (χ0n) is 15.7. The van der Waals surface area contributed by atoms with Gasteiger partial charge in [0.05, 0.1) is 12.4 Å². The highest BCUT2D eigenvalue weighted by Gasteiger charge is 2.44. The van der Waals surface area contributed by atoms with E-state index in [9.17, 15) is 9.59 Å². The highest BCUT2D eigenvalue weighted by Crippen LogP contribution is 2.38. The normalized spacial score (nSPS) is 30.4. The van der Waals surface area contributed by atoms with E-state index in [2.05, 4.69) is 19.8 Å². The third-order valence-corrected chi connectivity index (χ3v) is 6.74. The van der Waals surface area contributed by atoms with Gasteiger partial charge in [0.15, 0.2) is 0 Å². The Balaban J connectivity index is 1.35. The maximum Gasteiger partial charge on any atom is 0.274 e. The first kappa shape index (κ1) is 17.0. The van der Waals surface area contributed by atoms with Gasteiger partial charge >= 0.3 is 0 Å². The quantitative estimate of drug-likeness (QED) is 0.791. The van der Waals surface area contributed by atoms with Crippen LogP contribution in [0.15, 0.2) is 12.4 Å². The predicted octanol–water partition coefficient (Wildman–Crippen LogP) is 1.55. The molecule has 0 aliphatic carbocycles. The van der Waals surface area contributed by atoms with Gasteiger partial charge in [-0.25, -0.2) is 4.98 Å². The number of hydrogen-bond acceptors (Lipinski definition) is 5. The number of piperidine rings is 3. The second-order valence-electron chi connectivity index (χ2n) is 8.53. The minimum Gasteiger partial charge on any atom is -0.355 e. The van der Waals surface area contributed by atoms with E-state index in [1.165, 1.54) is 6.42 Å². The van der Waals surface area contributed by atoms with Crippen LogP contribution in [0.1, 0.15) is 49.0 Å². The van der Waals surface area contributed by atoms with Crippen LogP contribution in [-0.2, 0) is 4.79 Å². The molecular weight excluding hydrogens is 342 g/mol. The lowest BCUT2D eigenvalue weighted by molar-refractivity contribution is -0.142. The van der Waals surface area contributed by atoms with Crippen molar-refractivity contribution in [2.24, 2.45) is 11.8 Å². The fourth-order valence-electron chi connectivity index (χ4n) is 5.49. The van der Waals surface area contributed by atoms with E-state index >= 15 is 0 Å². The molecule has 3 atom stereocenters. The Hall–Kier alpha value is -2.18. The van der Waals surface area contributed by atoms with Gasteiger partial charge in [-0.15, -0.1) is 0 Å². The molecule has 0 radical (unpaired) electrons. The number of likely N-dealkylation sites (tertiary alicyclic amines) is 1. The highest BCUT2D eigenvalue weighted by molar-refractivity contribution is 5.92. The smallest absolute Gasteiger partial charge is 0.274 e. The van der Waals surface area contributed by atoms with E-state index < -0.39 is 0 Å². The number of nitrogens with zero attached hydrogens (tertiary/aromatic N) is 5. The van der Waals surface area contributed by atoms with Gasteiger partial charge in [-0.05, 0) is 43.9 Å². The van der Waals surface area contributed by atoms with Crippen LogP contribution in [-0.4, -0.2) is 70.3 Å². The fourth-order valence-corrected chi connectivity index (χ4v) is 5.49. The van der Waals surface area contributed by atoms with Crippen molar-refractivity contribution in [2.45, 2.75) is 44.6 Å². The first-order chi connectivity index (χ1) is 13.2. The number of carbonyl (C=O) groups excluding carboxylic acids is 2. The molecule has 5 heterocycles. The van der Waals surface area contributed by atoms with E-state index in [0.29, 0.717) is 35.9 Å². The summed E-state index contributed by atoms with van der Waals surface area (Å²) in [5, 5.41) is 0. The standard InChI is InChI=1S/C20H27N5O2/c26-19-5-3-4-17-15-8-14(12-25(17)19)11-24(13-15)18-10-21-9-16(22-18)20(27)23-6-1-2-7-23/h9-10,14-15,17H,1-8,11-13H2/t14-,15-,17+/m1/s1. The van der Waals surface area contributed by atoms with Crippen molar-refractivity contribution in [1.82, 2.24) is 19.8 Å². The van der Waals surface area contributed by atoms with Gasteiger partial charge in [0, 0.05) is 45.2 Å². The van der Waals surface area contributed by atoms with Crippen LogP contribution in [0.25, 0.3) is 0 Å². The molecule has 7 heteroatoms. The molecule has 1 aromatic rings. The van der Waals surface area contributed by atoms with Crippen molar-refractivity contribution in [3.8, 4) is 0 Å². The van der Waals surface area contributed by atoms with Gasteiger partial charge in [-0.1, -0.05) is 0 Å². The first-order valence-corrected chi connectivity index (χ1v) is 10.3. The molecule has 27 heavy (non-hydrogen) atoms. The summed E-state index contributed by atoms with van der Waals surface area (Å²) in [7, 11) is 0. The van der Waals surface area contributed by atoms with E-state index in [4.69, 9.17) is 0 Å². The van der Waals surface area contributed by atoms with Crippen LogP contribution in [0.4, 0.5) is 5.82 Å². The van der Waals surface area contributed by atoms with E-state index in [0.717, 1.165) is 64.2 Å². The maximum absolute atomic E-state index is 12.7. The summed E-state index contributed by atoms with van der Waals surface area (Å²) >= 11 is 0. The second-order valence-corrected chi connectivity index (χ2v) is 8.53. The minimum absolute atomic E-state index is 0.00288. The van der Waals surface area contributed by atoms with Crippen molar-refractivity contribution >= 4 is 17.6 Å². The van der Waals surface area contributed by atoms with Gasteiger partial charge in [0.2, 0.25) is 5.91 Å². The van der Waals surface area contributed by atoms with Crippen molar-refractivity contribution in [1.29, 1.82) is 0 Å². The fraction of sp³-hybridized carbons (Fsp3) is 0.700. The lowest BCUT2D eigenvalue weighted by Crippen LogP contribution is -2.60. The molecule has 7 nitrogen and oxygen atoms in total. The van der Waals surface area contributed by atoms with E-state index in [1.807, 2.05) is 4.90 Å². The molecule has 4 aliphatic rings. The van der Waals surface area contributed by atoms with E-state index in [1.54, 1.807) is 12.4 Å². The summed E-state index contributed by atoms with van der Waals surface area (Å²) in [6, 6.07) is 0.382. The Morgan fingerprint density at radius 2 is 1.93 bits per heavy atom. The molecule has 1 aromatic heterocycles. The van der Waals surface area contributed by atoms with Crippen LogP contribution in [0.3, 0.4) is 0 Å². The lowest BCUT2D eigenvalue weighted by Gasteiger charge is -2.52. The van der Waals surface area contributed by atoms with Crippen molar-refractivity contribution in [3.05, 3.63) is 18.1 Å². The van der Waals surface area contributed by atoms with Gasteiger partial charge in [0.1, 0.15) is 11.5 Å². The average Bonchev–Trinajstić information content (AvgIpc) is 3.23. The van der Waals surface area contributed by atoms with Crippen LogP contribution < -0.4 is 4.90 Å². The van der Waals surface area contributed by atoms with Gasteiger partial charge < -0.3 is 14.7 Å². The zero-order valence-corrected chi connectivity index (χ0v) is 15.7. The number of hydrogen-bond donors (Lipinski definition) is 0. The molecule has 2 amide bonds. The Bertz CT molecular complexity index is 748. The zero-order chi connectivity index (χ0) is 18.4.